The fourth-order valence-electron chi connectivity index (χ4n) is 1.27. The lowest BCUT2D eigenvalue weighted by atomic mass is 10.2. The molecule has 84 valence electrons. The molecule has 2 rings (SSSR count). The van der Waals surface area contributed by atoms with E-state index in [1.807, 2.05) is 6.07 Å². The van der Waals surface area contributed by atoms with Gasteiger partial charge in [-0.3, -0.25) is 0 Å². The van der Waals surface area contributed by atoms with Crippen LogP contribution in [0.5, 0.6) is 0 Å². The van der Waals surface area contributed by atoms with Crippen LogP contribution in [-0.2, 0) is 0 Å². The van der Waals surface area contributed by atoms with Crippen molar-refractivity contribution in [1.29, 1.82) is 5.26 Å². The summed E-state index contributed by atoms with van der Waals surface area (Å²) in [5.41, 5.74) is 0.569. The van der Waals surface area contributed by atoms with E-state index in [-0.39, 0.29) is 0 Å². The molecule has 0 atom stereocenters. The van der Waals surface area contributed by atoms with Crippen LogP contribution in [0.2, 0.25) is 0 Å². The molecule has 2 aromatic rings. The lowest BCUT2D eigenvalue weighted by Crippen LogP contribution is -1.83. The first-order valence-electron chi connectivity index (χ1n) is 4.82. The van der Waals surface area contributed by atoms with Gasteiger partial charge in [-0.2, -0.15) is 5.26 Å². The number of rotatable bonds is 2. The Hall–Kier alpha value is -1.86. The molecule has 0 spiro atoms. The zero-order valence-electron chi connectivity index (χ0n) is 8.65. The highest BCUT2D eigenvalue weighted by Gasteiger charge is 2.04. The highest BCUT2D eigenvalue weighted by atomic mass is 32.2. The maximum absolute atomic E-state index is 13.0. The molecule has 2 aromatic carbocycles. The number of hydrogen-bond donors (Lipinski definition) is 0. The van der Waals surface area contributed by atoms with Crippen molar-refractivity contribution in [3.8, 4) is 6.07 Å². The van der Waals surface area contributed by atoms with Gasteiger partial charge in [0, 0.05) is 9.79 Å². The maximum atomic E-state index is 13.0. The van der Waals surface area contributed by atoms with Crippen molar-refractivity contribution in [2.75, 3.05) is 0 Å². The first kappa shape index (κ1) is 11.6. The zero-order valence-corrected chi connectivity index (χ0v) is 9.47. The topological polar surface area (TPSA) is 23.8 Å². The summed E-state index contributed by atoms with van der Waals surface area (Å²) in [5, 5.41) is 8.64. The van der Waals surface area contributed by atoms with Gasteiger partial charge < -0.3 is 0 Å². The largest absolute Gasteiger partial charge is 0.204 e. The molecule has 17 heavy (non-hydrogen) atoms. The second kappa shape index (κ2) is 4.98. The third-order valence-electron chi connectivity index (χ3n) is 2.11. The van der Waals surface area contributed by atoms with Crippen LogP contribution in [0.1, 0.15) is 5.56 Å². The molecule has 0 bridgehead atoms. The van der Waals surface area contributed by atoms with Gasteiger partial charge in [0.25, 0.3) is 0 Å². The van der Waals surface area contributed by atoms with Gasteiger partial charge in [-0.15, -0.1) is 0 Å². The van der Waals surface area contributed by atoms with E-state index in [0.29, 0.717) is 10.5 Å². The molecule has 0 fully saturated rings. The summed E-state index contributed by atoms with van der Waals surface area (Å²) in [6, 6.07) is 12.7. The third kappa shape index (κ3) is 2.83. The molecule has 0 radical (unpaired) electrons. The summed E-state index contributed by atoms with van der Waals surface area (Å²) in [5.74, 6) is -1.71. The quantitative estimate of drug-likeness (QED) is 0.801. The van der Waals surface area contributed by atoms with Gasteiger partial charge in [-0.1, -0.05) is 11.8 Å². The number of hydrogen-bond acceptors (Lipinski definition) is 2. The molecule has 4 heteroatoms. The summed E-state index contributed by atoms with van der Waals surface area (Å²) >= 11 is 1.31. The molecule has 0 N–H and O–H groups in total. The van der Waals surface area contributed by atoms with Crippen LogP contribution in [0, 0.1) is 23.0 Å². The third-order valence-corrected chi connectivity index (χ3v) is 3.11. The Morgan fingerprint density at radius 1 is 0.882 bits per heavy atom. The fraction of sp³-hybridized carbons (Fsp3) is 0. The van der Waals surface area contributed by atoms with Gasteiger partial charge >= 0.3 is 0 Å². The molecule has 0 aliphatic carbocycles. The molecule has 0 aliphatic heterocycles. The monoisotopic (exact) mass is 247 g/mol. The summed E-state index contributed by atoms with van der Waals surface area (Å²) in [7, 11) is 0. The maximum Gasteiger partial charge on any atom is 0.159 e. The Labute approximate surface area is 102 Å². The minimum absolute atomic E-state index is 0.569. The molecule has 0 heterocycles. The van der Waals surface area contributed by atoms with Gasteiger partial charge in [0.2, 0.25) is 0 Å². The van der Waals surface area contributed by atoms with Crippen molar-refractivity contribution in [2.45, 2.75) is 9.79 Å². The van der Waals surface area contributed by atoms with E-state index in [2.05, 4.69) is 0 Å². The van der Waals surface area contributed by atoms with E-state index >= 15 is 0 Å². The lowest BCUT2D eigenvalue weighted by Gasteiger charge is -2.02. The molecule has 0 aromatic heterocycles. The number of benzene rings is 2. The number of nitrogens with zero attached hydrogens (tertiary/aromatic N) is 1. The van der Waals surface area contributed by atoms with Gasteiger partial charge in [-0.05, 0) is 42.5 Å². The summed E-state index contributed by atoms with van der Waals surface area (Å²) < 4.78 is 25.7. The van der Waals surface area contributed by atoms with E-state index in [4.69, 9.17) is 5.26 Å². The highest BCUT2D eigenvalue weighted by Crippen LogP contribution is 2.28. The van der Waals surface area contributed by atoms with Gasteiger partial charge in [-0.25, -0.2) is 8.78 Å². The van der Waals surface area contributed by atoms with E-state index in [0.717, 1.165) is 17.0 Å². The molecular weight excluding hydrogens is 240 g/mol. The highest BCUT2D eigenvalue weighted by molar-refractivity contribution is 7.99. The predicted octanol–water partition coefficient (Wildman–Crippen LogP) is 3.99. The second-order valence-electron chi connectivity index (χ2n) is 3.31. The summed E-state index contributed by atoms with van der Waals surface area (Å²) in [6.07, 6.45) is 0. The Kier molecular flexibility index (Phi) is 3.40. The van der Waals surface area contributed by atoms with Crippen molar-refractivity contribution >= 4 is 11.8 Å². The average molecular weight is 247 g/mol. The molecule has 0 unspecified atom stereocenters. The average Bonchev–Trinajstić information content (AvgIpc) is 2.35. The van der Waals surface area contributed by atoms with Crippen LogP contribution in [-0.4, -0.2) is 0 Å². The minimum atomic E-state index is -0.858. The Bertz CT molecular complexity index is 573. The smallest absolute Gasteiger partial charge is 0.159 e. The van der Waals surface area contributed by atoms with Crippen LogP contribution in [0.4, 0.5) is 8.78 Å². The normalized spacial score (nSPS) is 9.94. The summed E-state index contributed by atoms with van der Waals surface area (Å²) in [6.45, 7) is 0. The molecule has 0 saturated heterocycles. The van der Waals surface area contributed by atoms with Crippen LogP contribution in [0.25, 0.3) is 0 Å². The van der Waals surface area contributed by atoms with Crippen molar-refractivity contribution in [1.82, 2.24) is 0 Å². The minimum Gasteiger partial charge on any atom is -0.204 e. The first-order valence-corrected chi connectivity index (χ1v) is 5.64. The van der Waals surface area contributed by atoms with Crippen molar-refractivity contribution in [3.05, 3.63) is 59.7 Å². The van der Waals surface area contributed by atoms with Gasteiger partial charge in [0.1, 0.15) is 0 Å². The predicted molar refractivity (Wildman–Crippen MR) is 61.6 cm³/mol. The van der Waals surface area contributed by atoms with Crippen LogP contribution in [0.15, 0.2) is 52.3 Å². The SMILES string of the molecule is N#Cc1ccc(Sc2ccc(F)c(F)c2)cc1. The number of nitriles is 1. The van der Waals surface area contributed by atoms with Crippen molar-refractivity contribution in [3.63, 3.8) is 0 Å². The van der Waals surface area contributed by atoms with Crippen molar-refractivity contribution in [2.24, 2.45) is 0 Å². The summed E-state index contributed by atoms with van der Waals surface area (Å²) in [4.78, 5) is 1.49. The number of halogens is 2. The van der Waals surface area contributed by atoms with E-state index in [1.165, 1.54) is 17.8 Å². The molecule has 0 amide bonds. The standard InChI is InChI=1S/C13H7F2NS/c14-12-6-5-11(7-13(12)15)17-10-3-1-9(8-16)2-4-10/h1-7H. The molecule has 0 aliphatic rings. The molecular formula is C13H7F2NS. The second-order valence-corrected chi connectivity index (χ2v) is 4.46. The first-order chi connectivity index (χ1) is 8.19. The molecule has 1 nitrogen and oxygen atoms in total. The fourth-order valence-corrected chi connectivity index (χ4v) is 2.12. The van der Waals surface area contributed by atoms with Crippen LogP contribution < -0.4 is 0 Å². The zero-order chi connectivity index (χ0) is 12.3. The van der Waals surface area contributed by atoms with E-state index in [1.54, 1.807) is 24.3 Å². The van der Waals surface area contributed by atoms with E-state index in [9.17, 15) is 8.78 Å². The Morgan fingerprint density at radius 3 is 2.12 bits per heavy atom. The van der Waals surface area contributed by atoms with Crippen molar-refractivity contribution < 1.29 is 8.78 Å². The van der Waals surface area contributed by atoms with Crippen LogP contribution >= 0.6 is 11.8 Å². The van der Waals surface area contributed by atoms with Gasteiger partial charge in [0.05, 0.1) is 11.6 Å². The van der Waals surface area contributed by atoms with Crippen LogP contribution in [0.3, 0.4) is 0 Å². The van der Waals surface area contributed by atoms with Gasteiger partial charge in [0.15, 0.2) is 11.6 Å². The Balaban J connectivity index is 2.20. The Morgan fingerprint density at radius 2 is 1.53 bits per heavy atom. The molecule has 0 saturated carbocycles. The van der Waals surface area contributed by atoms with E-state index < -0.39 is 11.6 Å². The lowest BCUT2D eigenvalue weighted by molar-refractivity contribution is 0.506.